The molecule has 5 nitrogen and oxygen atoms in total. The zero-order valence-electron chi connectivity index (χ0n) is 14.1. The molecule has 0 spiro atoms. The summed E-state index contributed by atoms with van der Waals surface area (Å²) in [6, 6.07) is 14.2. The Balaban J connectivity index is 1.74. The normalized spacial score (nSPS) is 12.1. The summed E-state index contributed by atoms with van der Waals surface area (Å²) in [5, 5.41) is 6.73. The van der Waals surface area contributed by atoms with Crippen LogP contribution in [0.2, 0.25) is 0 Å². The molecule has 5 aromatic rings. The third-order valence-electron chi connectivity index (χ3n) is 4.25. The minimum atomic E-state index is -4.65. The zero-order valence-corrected chi connectivity index (χ0v) is 14.9. The standard InChI is InChI=1S/C19H10F3N5S/c20-19(21,22)15-13(9-12-7-4-8-23-16(12)24-15)17-25-18-27(26-17)14(10-28-18)11-5-2-1-3-6-11/h1-10H. The molecule has 0 aliphatic heterocycles. The summed E-state index contributed by atoms with van der Waals surface area (Å²) in [7, 11) is 0. The lowest BCUT2D eigenvalue weighted by atomic mass is 10.1. The molecular weight excluding hydrogens is 387 g/mol. The van der Waals surface area contributed by atoms with E-state index in [0.717, 1.165) is 11.3 Å². The molecule has 0 atom stereocenters. The van der Waals surface area contributed by atoms with Gasteiger partial charge in [0.05, 0.1) is 11.3 Å². The van der Waals surface area contributed by atoms with Gasteiger partial charge in [0.1, 0.15) is 0 Å². The molecule has 0 N–H and O–H groups in total. The van der Waals surface area contributed by atoms with Crippen LogP contribution < -0.4 is 0 Å². The third-order valence-corrected chi connectivity index (χ3v) is 5.07. The van der Waals surface area contributed by atoms with Crippen LogP contribution in [0.25, 0.3) is 38.6 Å². The number of hydrogen-bond acceptors (Lipinski definition) is 5. The Labute approximate surface area is 160 Å². The van der Waals surface area contributed by atoms with Crippen molar-refractivity contribution in [1.29, 1.82) is 0 Å². The van der Waals surface area contributed by atoms with E-state index in [-0.39, 0.29) is 17.0 Å². The maximum absolute atomic E-state index is 13.6. The molecule has 0 fully saturated rings. The summed E-state index contributed by atoms with van der Waals surface area (Å²) in [5.74, 6) is -0.0189. The average Bonchev–Trinajstić information content (AvgIpc) is 3.27. The fourth-order valence-electron chi connectivity index (χ4n) is 2.99. The van der Waals surface area contributed by atoms with Crippen LogP contribution in [0.3, 0.4) is 0 Å². The van der Waals surface area contributed by atoms with Crippen molar-refractivity contribution in [3.63, 3.8) is 0 Å². The van der Waals surface area contributed by atoms with Crippen LogP contribution in [-0.4, -0.2) is 24.6 Å². The van der Waals surface area contributed by atoms with Gasteiger partial charge in [-0.25, -0.2) is 14.5 Å². The fourth-order valence-corrected chi connectivity index (χ4v) is 3.83. The number of halogens is 3. The highest BCUT2D eigenvalue weighted by Gasteiger charge is 2.37. The van der Waals surface area contributed by atoms with Crippen molar-refractivity contribution in [2.24, 2.45) is 0 Å². The molecule has 0 amide bonds. The van der Waals surface area contributed by atoms with E-state index in [1.807, 2.05) is 35.7 Å². The predicted molar refractivity (Wildman–Crippen MR) is 99.8 cm³/mol. The first-order valence-corrected chi connectivity index (χ1v) is 9.12. The van der Waals surface area contributed by atoms with Crippen molar-refractivity contribution >= 4 is 27.3 Å². The molecule has 5 rings (SSSR count). The molecule has 0 radical (unpaired) electrons. The Morgan fingerprint density at radius 3 is 2.57 bits per heavy atom. The summed E-state index contributed by atoms with van der Waals surface area (Å²) in [5.41, 5.74) is 0.496. The molecule has 1 aromatic carbocycles. The summed E-state index contributed by atoms with van der Waals surface area (Å²) >= 11 is 1.32. The van der Waals surface area contributed by atoms with Crippen molar-refractivity contribution in [2.45, 2.75) is 6.18 Å². The molecule has 0 saturated heterocycles. The first-order chi connectivity index (χ1) is 13.5. The Morgan fingerprint density at radius 1 is 0.964 bits per heavy atom. The van der Waals surface area contributed by atoms with Gasteiger partial charge < -0.3 is 0 Å². The van der Waals surface area contributed by atoms with E-state index in [4.69, 9.17) is 0 Å². The third kappa shape index (κ3) is 2.71. The highest BCUT2D eigenvalue weighted by molar-refractivity contribution is 7.15. The molecular formula is C19H10F3N5S. The van der Waals surface area contributed by atoms with Crippen LogP contribution in [0.5, 0.6) is 0 Å². The summed E-state index contributed by atoms with van der Waals surface area (Å²) < 4.78 is 42.5. The molecule has 0 bridgehead atoms. The van der Waals surface area contributed by atoms with Crippen molar-refractivity contribution < 1.29 is 13.2 Å². The topological polar surface area (TPSA) is 56.0 Å². The van der Waals surface area contributed by atoms with E-state index < -0.39 is 11.9 Å². The lowest BCUT2D eigenvalue weighted by molar-refractivity contribution is -0.140. The lowest BCUT2D eigenvalue weighted by Gasteiger charge is -2.10. The lowest BCUT2D eigenvalue weighted by Crippen LogP contribution is -2.11. The number of rotatable bonds is 2. The van der Waals surface area contributed by atoms with Gasteiger partial charge in [-0.05, 0) is 18.2 Å². The molecule has 0 unspecified atom stereocenters. The fraction of sp³-hybridized carbons (Fsp3) is 0.0526. The van der Waals surface area contributed by atoms with Gasteiger partial charge in [0.15, 0.2) is 17.2 Å². The number of nitrogens with zero attached hydrogens (tertiary/aromatic N) is 5. The quantitative estimate of drug-likeness (QED) is 0.417. The Bertz CT molecular complexity index is 1310. The van der Waals surface area contributed by atoms with E-state index in [0.29, 0.717) is 10.3 Å². The Kier molecular flexibility index (Phi) is 3.66. The molecule has 0 aliphatic carbocycles. The van der Waals surface area contributed by atoms with Crippen molar-refractivity contribution in [1.82, 2.24) is 24.6 Å². The zero-order chi connectivity index (χ0) is 19.3. The van der Waals surface area contributed by atoms with Gasteiger partial charge in [0, 0.05) is 22.5 Å². The van der Waals surface area contributed by atoms with Crippen molar-refractivity contribution in [2.75, 3.05) is 0 Å². The van der Waals surface area contributed by atoms with Crippen LogP contribution in [0.4, 0.5) is 13.2 Å². The van der Waals surface area contributed by atoms with Crippen LogP contribution in [0.15, 0.2) is 60.1 Å². The largest absolute Gasteiger partial charge is 0.434 e. The van der Waals surface area contributed by atoms with Crippen molar-refractivity contribution in [3.8, 4) is 22.6 Å². The number of pyridine rings is 2. The van der Waals surface area contributed by atoms with Crippen molar-refractivity contribution in [3.05, 3.63) is 65.8 Å². The monoisotopic (exact) mass is 397 g/mol. The van der Waals surface area contributed by atoms with Crippen LogP contribution in [0.1, 0.15) is 5.69 Å². The molecule has 4 aromatic heterocycles. The van der Waals surface area contributed by atoms with Gasteiger partial charge >= 0.3 is 6.18 Å². The number of benzene rings is 1. The van der Waals surface area contributed by atoms with Gasteiger partial charge in [-0.1, -0.05) is 30.3 Å². The SMILES string of the molecule is FC(F)(F)c1nc2ncccc2cc1-c1nc2scc(-c3ccccc3)n2n1. The minimum absolute atomic E-state index is 0.0189. The highest BCUT2D eigenvalue weighted by Crippen LogP contribution is 2.37. The smallest absolute Gasteiger partial charge is 0.237 e. The first kappa shape index (κ1) is 16.8. The van der Waals surface area contributed by atoms with Gasteiger partial charge in [0.2, 0.25) is 4.96 Å². The number of thiazole rings is 1. The Hall–Kier alpha value is -3.33. The van der Waals surface area contributed by atoms with Gasteiger partial charge in [-0.15, -0.1) is 16.4 Å². The van der Waals surface area contributed by atoms with Crippen LogP contribution in [-0.2, 0) is 6.18 Å². The van der Waals surface area contributed by atoms with E-state index in [1.165, 1.54) is 23.6 Å². The summed E-state index contributed by atoms with van der Waals surface area (Å²) in [6.07, 6.45) is -3.24. The average molecular weight is 397 g/mol. The van der Waals surface area contributed by atoms with Crippen LogP contribution >= 0.6 is 11.3 Å². The van der Waals surface area contributed by atoms with E-state index >= 15 is 0 Å². The van der Waals surface area contributed by atoms with Crippen LogP contribution in [0, 0.1) is 0 Å². The summed E-state index contributed by atoms with van der Waals surface area (Å²) in [4.78, 5) is 12.5. The Morgan fingerprint density at radius 2 is 1.79 bits per heavy atom. The highest BCUT2D eigenvalue weighted by atomic mass is 32.1. The van der Waals surface area contributed by atoms with Gasteiger partial charge in [-0.3, -0.25) is 0 Å². The predicted octanol–water partition coefficient (Wildman–Crippen LogP) is 5.09. The summed E-state index contributed by atoms with van der Waals surface area (Å²) in [6.45, 7) is 0. The molecule has 0 saturated carbocycles. The molecule has 9 heteroatoms. The molecule has 28 heavy (non-hydrogen) atoms. The second-order valence-corrected chi connectivity index (χ2v) is 6.89. The maximum Gasteiger partial charge on any atom is 0.434 e. The van der Waals surface area contributed by atoms with E-state index in [1.54, 1.807) is 16.6 Å². The maximum atomic E-state index is 13.6. The second-order valence-electron chi connectivity index (χ2n) is 6.05. The minimum Gasteiger partial charge on any atom is -0.237 e. The number of hydrogen-bond donors (Lipinski definition) is 0. The van der Waals surface area contributed by atoms with Gasteiger partial charge in [-0.2, -0.15) is 18.2 Å². The number of fused-ring (bicyclic) bond motifs is 2. The molecule has 4 heterocycles. The molecule has 0 aliphatic rings. The molecule has 138 valence electrons. The van der Waals surface area contributed by atoms with E-state index in [2.05, 4.69) is 20.1 Å². The van der Waals surface area contributed by atoms with Gasteiger partial charge in [0.25, 0.3) is 0 Å². The number of aromatic nitrogens is 5. The number of alkyl halides is 3. The first-order valence-electron chi connectivity index (χ1n) is 8.24. The second kappa shape index (κ2) is 6.10. The van der Waals surface area contributed by atoms with E-state index in [9.17, 15) is 13.2 Å².